The topological polar surface area (TPSA) is 68.3 Å². The molecule has 2 aliphatic rings. The second-order valence-corrected chi connectivity index (χ2v) is 5.08. The Kier molecular flexibility index (Phi) is 2.66. The summed E-state index contributed by atoms with van der Waals surface area (Å²) in [5.41, 5.74) is 0.810. The Hall–Kier alpha value is -2.10. The first-order valence-electron chi connectivity index (χ1n) is 6.31. The number of carbonyl (C=O) groups excluding carboxylic acids is 4. The van der Waals surface area contributed by atoms with Crippen LogP contribution in [-0.2, 0) is 9.59 Å². The van der Waals surface area contributed by atoms with Crippen LogP contribution in [0.15, 0.2) is 24.3 Å². The number of fused-ring (bicyclic) bond motifs is 1. The molecule has 1 unspecified atom stereocenters. The van der Waals surface area contributed by atoms with Crippen molar-refractivity contribution in [3.63, 3.8) is 0 Å². The monoisotopic (exact) mass is 256 g/mol. The molecule has 1 fully saturated rings. The number of carbonyl (C=O) groups is 4. The molecule has 1 atom stereocenters. The molecule has 0 heterocycles. The minimum Gasteiger partial charge on any atom is -0.299 e. The van der Waals surface area contributed by atoms with Gasteiger partial charge in [-0.15, -0.1) is 0 Å². The third kappa shape index (κ3) is 1.75. The number of Topliss-reactive ketones (excluding diaryl/α,β-unsaturated/α-hetero) is 4. The van der Waals surface area contributed by atoms with Gasteiger partial charge in [-0.1, -0.05) is 24.3 Å². The summed E-state index contributed by atoms with van der Waals surface area (Å²) < 4.78 is 0. The van der Waals surface area contributed by atoms with Crippen LogP contribution in [0.4, 0.5) is 0 Å². The minimum atomic E-state index is -0.905. The molecular formula is C15H12O4. The van der Waals surface area contributed by atoms with E-state index in [0.29, 0.717) is 17.5 Å². The highest BCUT2D eigenvalue weighted by atomic mass is 16.2. The highest BCUT2D eigenvalue weighted by Crippen LogP contribution is 2.36. The Bertz CT molecular complexity index is 579. The van der Waals surface area contributed by atoms with Gasteiger partial charge in [0.2, 0.25) is 0 Å². The predicted molar refractivity (Wildman–Crippen MR) is 65.9 cm³/mol. The van der Waals surface area contributed by atoms with Crippen molar-refractivity contribution in [2.75, 3.05) is 0 Å². The van der Waals surface area contributed by atoms with Crippen molar-refractivity contribution in [1.29, 1.82) is 0 Å². The molecule has 0 N–H and O–H groups in total. The Morgan fingerprint density at radius 2 is 1.47 bits per heavy atom. The molecule has 0 bridgehead atoms. The van der Waals surface area contributed by atoms with Gasteiger partial charge >= 0.3 is 0 Å². The Balaban J connectivity index is 1.96. The van der Waals surface area contributed by atoms with Crippen LogP contribution >= 0.6 is 0 Å². The normalized spacial score (nSPS) is 23.9. The molecule has 0 spiro atoms. The third-order valence-electron chi connectivity index (χ3n) is 3.94. The quantitative estimate of drug-likeness (QED) is 0.716. The smallest absolute Gasteiger partial charge is 0.175 e. The molecule has 0 radical (unpaired) electrons. The molecule has 0 amide bonds. The van der Waals surface area contributed by atoms with Gasteiger partial charge in [0.1, 0.15) is 11.6 Å². The SMILES string of the molecule is O=C1CCC(C2C(=O)c3ccccc3C2=O)C(=O)C1. The molecule has 96 valence electrons. The molecule has 0 aliphatic heterocycles. The molecule has 3 rings (SSSR count). The summed E-state index contributed by atoms with van der Waals surface area (Å²) in [5.74, 6) is -2.43. The standard InChI is InChI=1S/C15H12O4/c16-8-5-6-11(12(17)7-8)13-14(18)9-3-1-2-4-10(9)15(13)19/h1-4,11,13H,5-7H2. The first kappa shape index (κ1) is 12.0. The minimum absolute atomic E-state index is 0.100. The van der Waals surface area contributed by atoms with Gasteiger partial charge in [0.05, 0.1) is 12.3 Å². The maximum Gasteiger partial charge on any atom is 0.175 e. The van der Waals surface area contributed by atoms with E-state index in [-0.39, 0.29) is 36.0 Å². The van der Waals surface area contributed by atoms with E-state index in [4.69, 9.17) is 0 Å². The summed E-state index contributed by atoms with van der Waals surface area (Å²) in [6.07, 6.45) is 0.454. The van der Waals surface area contributed by atoms with Crippen LogP contribution in [-0.4, -0.2) is 23.1 Å². The van der Waals surface area contributed by atoms with Gasteiger partial charge in [0.25, 0.3) is 0 Å². The lowest BCUT2D eigenvalue weighted by Crippen LogP contribution is -2.36. The van der Waals surface area contributed by atoms with Crippen LogP contribution in [0.2, 0.25) is 0 Å². The van der Waals surface area contributed by atoms with Gasteiger partial charge in [-0.25, -0.2) is 0 Å². The first-order valence-corrected chi connectivity index (χ1v) is 6.31. The fourth-order valence-corrected chi connectivity index (χ4v) is 2.98. The van der Waals surface area contributed by atoms with Gasteiger partial charge in [-0.3, -0.25) is 19.2 Å². The van der Waals surface area contributed by atoms with Gasteiger partial charge < -0.3 is 0 Å². The molecule has 2 aliphatic carbocycles. The van der Waals surface area contributed by atoms with Crippen LogP contribution in [0.3, 0.4) is 0 Å². The van der Waals surface area contributed by atoms with Crippen molar-refractivity contribution in [2.45, 2.75) is 19.3 Å². The fraction of sp³-hybridized carbons (Fsp3) is 0.333. The number of hydrogen-bond acceptors (Lipinski definition) is 4. The Morgan fingerprint density at radius 1 is 0.895 bits per heavy atom. The lowest BCUT2D eigenvalue weighted by atomic mass is 9.76. The second-order valence-electron chi connectivity index (χ2n) is 5.08. The molecular weight excluding hydrogens is 244 g/mol. The van der Waals surface area contributed by atoms with Crippen molar-refractivity contribution >= 4 is 23.1 Å². The third-order valence-corrected chi connectivity index (χ3v) is 3.94. The van der Waals surface area contributed by atoms with Crippen LogP contribution in [0.1, 0.15) is 40.0 Å². The summed E-state index contributed by atoms with van der Waals surface area (Å²) >= 11 is 0. The van der Waals surface area contributed by atoms with E-state index in [1.807, 2.05) is 0 Å². The summed E-state index contributed by atoms with van der Waals surface area (Å²) in [7, 11) is 0. The Morgan fingerprint density at radius 3 is 2.00 bits per heavy atom. The van der Waals surface area contributed by atoms with Crippen LogP contribution < -0.4 is 0 Å². The van der Waals surface area contributed by atoms with Crippen LogP contribution in [0.5, 0.6) is 0 Å². The molecule has 4 heteroatoms. The molecule has 0 saturated heterocycles. The lowest BCUT2D eigenvalue weighted by Gasteiger charge is -2.23. The molecule has 1 aromatic rings. The lowest BCUT2D eigenvalue weighted by molar-refractivity contribution is -0.133. The van der Waals surface area contributed by atoms with Crippen molar-refractivity contribution in [2.24, 2.45) is 11.8 Å². The number of rotatable bonds is 1. The maximum absolute atomic E-state index is 12.3. The van der Waals surface area contributed by atoms with E-state index in [1.54, 1.807) is 24.3 Å². The first-order chi connectivity index (χ1) is 9.09. The number of benzene rings is 1. The molecule has 1 aromatic carbocycles. The van der Waals surface area contributed by atoms with Gasteiger partial charge in [0, 0.05) is 23.5 Å². The zero-order chi connectivity index (χ0) is 13.6. The van der Waals surface area contributed by atoms with E-state index in [9.17, 15) is 19.2 Å². The van der Waals surface area contributed by atoms with Crippen LogP contribution in [0.25, 0.3) is 0 Å². The fourth-order valence-electron chi connectivity index (χ4n) is 2.98. The van der Waals surface area contributed by atoms with Crippen molar-refractivity contribution in [3.8, 4) is 0 Å². The Labute approximate surface area is 109 Å². The van der Waals surface area contributed by atoms with E-state index < -0.39 is 11.8 Å². The van der Waals surface area contributed by atoms with Crippen molar-refractivity contribution in [3.05, 3.63) is 35.4 Å². The van der Waals surface area contributed by atoms with Crippen molar-refractivity contribution in [1.82, 2.24) is 0 Å². The summed E-state index contributed by atoms with van der Waals surface area (Å²) in [6.45, 7) is 0. The molecule has 4 nitrogen and oxygen atoms in total. The predicted octanol–water partition coefficient (Wildman–Crippen LogP) is 1.62. The zero-order valence-electron chi connectivity index (χ0n) is 10.2. The summed E-state index contributed by atoms with van der Waals surface area (Å²) in [6, 6.07) is 6.65. The van der Waals surface area contributed by atoms with Gasteiger partial charge in [-0.2, -0.15) is 0 Å². The average Bonchev–Trinajstić information content (AvgIpc) is 2.64. The highest BCUT2D eigenvalue weighted by Gasteiger charge is 2.46. The highest BCUT2D eigenvalue weighted by molar-refractivity contribution is 6.28. The van der Waals surface area contributed by atoms with Gasteiger partial charge in [0.15, 0.2) is 11.6 Å². The van der Waals surface area contributed by atoms with E-state index >= 15 is 0 Å². The van der Waals surface area contributed by atoms with E-state index in [1.165, 1.54) is 0 Å². The zero-order valence-corrected chi connectivity index (χ0v) is 10.2. The summed E-state index contributed by atoms with van der Waals surface area (Å²) in [4.78, 5) is 47.7. The van der Waals surface area contributed by atoms with E-state index in [2.05, 4.69) is 0 Å². The molecule has 1 saturated carbocycles. The number of hydrogen-bond donors (Lipinski definition) is 0. The summed E-state index contributed by atoms with van der Waals surface area (Å²) in [5, 5.41) is 0. The largest absolute Gasteiger partial charge is 0.299 e. The van der Waals surface area contributed by atoms with Crippen LogP contribution in [0, 0.1) is 11.8 Å². The van der Waals surface area contributed by atoms with Crippen molar-refractivity contribution < 1.29 is 19.2 Å². The molecule has 19 heavy (non-hydrogen) atoms. The number of ketones is 4. The van der Waals surface area contributed by atoms with E-state index in [0.717, 1.165) is 0 Å². The second kappa shape index (κ2) is 4.23. The van der Waals surface area contributed by atoms with Gasteiger partial charge in [-0.05, 0) is 6.42 Å². The maximum atomic E-state index is 12.3. The molecule has 0 aromatic heterocycles. The average molecular weight is 256 g/mol.